The van der Waals surface area contributed by atoms with Gasteiger partial charge in [-0.25, -0.2) is 9.78 Å². The van der Waals surface area contributed by atoms with Gasteiger partial charge in [0.05, 0.1) is 0 Å². The molecule has 1 aliphatic heterocycles. The van der Waals surface area contributed by atoms with E-state index in [1.165, 1.54) is 0 Å². The quantitative estimate of drug-likeness (QED) is 0.679. The minimum Gasteiger partial charge on any atom is -0.476 e. The number of urea groups is 1. The van der Waals surface area contributed by atoms with Gasteiger partial charge < -0.3 is 25.2 Å². The van der Waals surface area contributed by atoms with Crippen LogP contribution >= 0.6 is 0 Å². The maximum atomic E-state index is 12.2. The van der Waals surface area contributed by atoms with Crippen LogP contribution in [0.4, 0.5) is 10.6 Å². The number of amides is 2. The Balaban J connectivity index is 1.47. The van der Waals surface area contributed by atoms with E-state index < -0.39 is 6.10 Å². The van der Waals surface area contributed by atoms with Crippen molar-refractivity contribution in [1.29, 1.82) is 5.26 Å². The molecular weight excluding hydrogens is 392 g/mol. The Hall–Kier alpha value is -3.31. The second-order valence-electron chi connectivity index (χ2n) is 7.64. The molecule has 2 aromatic rings. The van der Waals surface area contributed by atoms with Crippen molar-refractivity contribution < 1.29 is 9.53 Å². The maximum absolute atomic E-state index is 12.2. The van der Waals surface area contributed by atoms with Crippen LogP contribution in [0.3, 0.4) is 0 Å². The molecule has 2 N–H and O–H groups in total. The first-order chi connectivity index (χ1) is 15.1. The number of nitriles is 1. The number of carbonyl (C=O) groups is 1. The maximum Gasteiger partial charge on any atom is 0.315 e. The summed E-state index contributed by atoms with van der Waals surface area (Å²) in [5, 5.41) is 14.8. The van der Waals surface area contributed by atoms with Crippen LogP contribution < -0.4 is 20.3 Å². The number of hydrogen-bond donors (Lipinski definition) is 2. The summed E-state index contributed by atoms with van der Waals surface area (Å²) >= 11 is 0. The van der Waals surface area contributed by atoms with Crippen LogP contribution in [0.2, 0.25) is 0 Å². The minimum atomic E-state index is -0.470. The molecule has 164 valence electrons. The van der Waals surface area contributed by atoms with Gasteiger partial charge in [0.15, 0.2) is 6.10 Å². The second-order valence-corrected chi connectivity index (χ2v) is 7.64. The molecule has 3 rings (SSSR count). The average molecular weight is 423 g/mol. The molecule has 1 aromatic carbocycles. The number of nitrogens with zero attached hydrogens (tertiary/aromatic N) is 4. The first kappa shape index (κ1) is 22.4. The zero-order chi connectivity index (χ0) is 22.1. The summed E-state index contributed by atoms with van der Waals surface area (Å²) in [4.78, 5) is 21.3. The highest BCUT2D eigenvalue weighted by molar-refractivity contribution is 5.73. The summed E-state index contributed by atoms with van der Waals surface area (Å²) in [6, 6.07) is 13.2. The molecule has 8 nitrogen and oxygen atoms in total. The van der Waals surface area contributed by atoms with Gasteiger partial charge in [0.25, 0.3) is 0 Å². The molecule has 1 unspecified atom stereocenters. The van der Waals surface area contributed by atoms with Gasteiger partial charge in [0, 0.05) is 45.5 Å². The molecule has 2 heterocycles. The lowest BCUT2D eigenvalue weighted by Gasteiger charge is -2.33. The summed E-state index contributed by atoms with van der Waals surface area (Å²) in [5.74, 6) is 1.58. The number of aromatic nitrogens is 1. The molecule has 31 heavy (non-hydrogen) atoms. The Morgan fingerprint density at radius 1 is 1.16 bits per heavy atom. The lowest BCUT2D eigenvalue weighted by Crippen LogP contribution is -2.44. The van der Waals surface area contributed by atoms with Crippen molar-refractivity contribution in [2.24, 2.45) is 0 Å². The number of pyridine rings is 1. The average Bonchev–Trinajstić information content (AvgIpc) is 2.81. The Morgan fingerprint density at radius 2 is 1.87 bits per heavy atom. The summed E-state index contributed by atoms with van der Waals surface area (Å²) in [6.07, 6.45) is 1.94. The lowest BCUT2D eigenvalue weighted by molar-refractivity contribution is 0.240. The van der Waals surface area contributed by atoms with E-state index in [1.54, 1.807) is 6.20 Å². The number of piperazine rings is 1. The normalized spacial score (nSPS) is 15.1. The molecule has 1 fully saturated rings. The van der Waals surface area contributed by atoms with Crippen molar-refractivity contribution in [1.82, 2.24) is 20.5 Å². The summed E-state index contributed by atoms with van der Waals surface area (Å²) < 4.78 is 5.63. The van der Waals surface area contributed by atoms with Gasteiger partial charge in [0.2, 0.25) is 0 Å². The van der Waals surface area contributed by atoms with Crippen LogP contribution in [0.1, 0.15) is 24.5 Å². The van der Waals surface area contributed by atoms with Crippen LogP contribution in [-0.4, -0.2) is 55.2 Å². The fourth-order valence-electron chi connectivity index (χ4n) is 3.30. The highest BCUT2D eigenvalue weighted by atomic mass is 16.5. The molecule has 1 atom stereocenters. The molecule has 0 radical (unpaired) electrons. The zero-order valence-electron chi connectivity index (χ0n) is 18.2. The summed E-state index contributed by atoms with van der Waals surface area (Å²) in [6.45, 7) is 6.66. The van der Waals surface area contributed by atoms with E-state index in [0.29, 0.717) is 25.3 Å². The second kappa shape index (κ2) is 11.2. The minimum absolute atomic E-state index is 0.243. The van der Waals surface area contributed by atoms with E-state index >= 15 is 0 Å². The number of nitrogens with one attached hydrogen (secondary N) is 2. The fourth-order valence-corrected chi connectivity index (χ4v) is 3.30. The molecule has 0 bridgehead atoms. The van der Waals surface area contributed by atoms with Crippen LogP contribution in [-0.2, 0) is 13.1 Å². The van der Waals surface area contributed by atoms with Gasteiger partial charge in [-0.15, -0.1) is 0 Å². The predicted octanol–water partition coefficient (Wildman–Crippen LogP) is 2.51. The highest BCUT2D eigenvalue weighted by Crippen LogP contribution is 2.16. The number of carbonyl (C=O) groups excluding carboxylic acids is 1. The van der Waals surface area contributed by atoms with Gasteiger partial charge in [0.1, 0.15) is 17.6 Å². The summed E-state index contributed by atoms with van der Waals surface area (Å²) in [5.41, 5.74) is 1.92. The predicted molar refractivity (Wildman–Crippen MR) is 120 cm³/mol. The molecular formula is C23H30N6O2. The van der Waals surface area contributed by atoms with E-state index in [4.69, 9.17) is 10.00 Å². The largest absolute Gasteiger partial charge is 0.476 e. The number of ether oxygens (including phenoxy) is 1. The van der Waals surface area contributed by atoms with Crippen molar-refractivity contribution in [2.45, 2.75) is 32.5 Å². The highest BCUT2D eigenvalue weighted by Gasteiger charge is 2.15. The number of rotatable bonds is 8. The number of benzene rings is 1. The Morgan fingerprint density at radius 3 is 2.55 bits per heavy atom. The topological polar surface area (TPSA) is 93.5 Å². The van der Waals surface area contributed by atoms with Crippen LogP contribution in [0.15, 0.2) is 42.6 Å². The van der Waals surface area contributed by atoms with Crippen molar-refractivity contribution in [3.63, 3.8) is 0 Å². The first-order valence-corrected chi connectivity index (χ1v) is 10.6. The van der Waals surface area contributed by atoms with Gasteiger partial charge >= 0.3 is 6.03 Å². The van der Waals surface area contributed by atoms with E-state index in [-0.39, 0.29) is 6.03 Å². The van der Waals surface area contributed by atoms with Crippen molar-refractivity contribution in [3.8, 4) is 11.8 Å². The van der Waals surface area contributed by atoms with Crippen LogP contribution in [0, 0.1) is 11.3 Å². The molecule has 1 saturated heterocycles. The Kier molecular flexibility index (Phi) is 8.07. The monoisotopic (exact) mass is 422 g/mol. The number of likely N-dealkylation sites (N-methyl/N-ethyl adjacent to an activating group) is 1. The summed E-state index contributed by atoms with van der Waals surface area (Å²) in [7, 11) is 2.13. The van der Waals surface area contributed by atoms with Crippen molar-refractivity contribution in [2.75, 3.05) is 38.1 Å². The third-order valence-electron chi connectivity index (χ3n) is 5.23. The third kappa shape index (κ3) is 6.86. The van der Waals surface area contributed by atoms with E-state index in [9.17, 15) is 4.79 Å². The number of hydrogen-bond acceptors (Lipinski definition) is 6. The molecule has 1 aromatic heterocycles. The van der Waals surface area contributed by atoms with E-state index in [2.05, 4.69) is 38.5 Å². The van der Waals surface area contributed by atoms with Crippen LogP contribution in [0.25, 0.3) is 0 Å². The smallest absolute Gasteiger partial charge is 0.315 e. The van der Waals surface area contributed by atoms with E-state index in [0.717, 1.165) is 43.1 Å². The van der Waals surface area contributed by atoms with E-state index in [1.807, 2.05) is 43.3 Å². The molecule has 1 aliphatic rings. The molecule has 0 aliphatic carbocycles. The lowest BCUT2D eigenvalue weighted by atomic mass is 10.2. The molecule has 2 amide bonds. The molecule has 0 saturated carbocycles. The van der Waals surface area contributed by atoms with Crippen LogP contribution in [0.5, 0.6) is 5.75 Å². The van der Waals surface area contributed by atoms with Gasteiger partial charge in [-0.1, -0.05) is 19.1 Å². The Labute approximate surface area is 183 Å². The van der Waals surface area contributed by atoms with Crippen molar-refractivity contribution >= 4 is 11.8 Å². The number of anilines is 1. The standard InChI is InChI=1S/C23H30N6O2/c1-3-20(15-24)31-21-6-4-5-18(13-21)16-26-23(30)27-17-19-7-8-25-22(14-19)29-11-9-28(2)10-12-29/h4-8,13-14,20H,3,9-12,16-17H2,1-2H3,(H2,26,27,30). The Bertz CT molecular complexity index is 905. The SMILES string of the molecule is CCC(C#N)Oc1cccc(CNC(=O)NCc2ccnc(N3CCN(C)CC3)c2)c1. The third-order valence-corrected chi connectivity index (χ3v) is 5.23. The first-order valence-electron chi connectivity index (χ1n) is 10.6. The van der Waals surface area contributed by atoms with Gasteiger partial charge in [-0.3, -0.25) is 0 Å². The van der Waals surface area contributed by atoms with Gasteiger partial charge in [-0.2, -0.15) is 5.26 Å². The van der Waals surface area contributed by atoms with Gasteiger partial charge in [-0.05, 0) is 48.9 Å². The molecule has 8 heteroatoms. The van der Waals surface area contributed by atoms with Crippen molar-refractivity contribution in [3.05, 3.63) is 53.7 Å². The molecule has 0 spiro atoms. The zero-order valence-corrected chi connectivity index (χ0v) is 18.2. The fraction of sp³-hybridized carbons (Fsp3) is 0.435.